The van der Waals surface area contributed by atoms with Crippen LogP contribution >= 0.6 is 15.9 Å². The van der Waals surface area contributed by atoms with Crippen molar-refractivity contribution in [1.29, 1.82) is 0 Å². The minimum absolute atomic E-state index is 0.0249. The van der Waals surface area contributed by atoms with E-state index in [-0.39, 0.29) is 5.54 Å². The monoisotopic (exact) mass is 293 g/mol. The standard InChI is InChI=1S/C14H16BrNO/c1-9-5-11-6-10(8-17)7-12(15)13(11)16(9)14(2,3)4/h5-8H,1-4H3. The van der Waals surface area contributed by atoms with Crippen LogP contribution in [-0.2, 0) is 5.54 Å². The molecule has 3 heteroatoms. The maximum absolute atomic E-state index is 10.9. The molecule has 0 saturated carbocycles. The third kappa shape index (κ3) is 2.04. The van der Waals surface area contributed by atoms with Gasteiger partial charge >= 0.3 is 0 Å². The van der Waals surface area contributed by atoms with Crippen molar-refractivity contribution < 1.29 is 4.79 Å². The highest BCUT2D eigenvalue weighted by molar-refractivity contribution is 9.10. The summed E-state index contributed by atoms with van der Waals surface area (Å²) in [6.45, 7) is 8.64. The molecule has 0 N–H and O–H groups in total. The molecule has 2 rings (SSSR count). The van der Waals surface area contributed by atoms with E-state index in [4.69, 9.17) is 0 Å². The number of carbonyl (C=O) groups excluding carboxylic acids is 1. The van der Waals surface area contributed by atoms with Crippen molar-refractivity contribution in [2.24, 2.45) is 0 Å². The van der Waals surface area contributed by atoms with Gasteiger partial charge in [-0.15, -0.1) is 0 Å². The lowest BCUT2D eigenvalue weighted by Gasteiger charge is -2.25. The van der Waals surface area contributed by atoms with Crippen LogP contribution in [0.5, 0.6) is 0 Å². The van der Waals surface area contributed by atoms with Gasteiger partial charge in [0.1, 0.15) is 6.29 Å². The number of nitrogens with zero attached hydrogens (tertiary/aromatic N) is 1. The largest absolute Gasteiger partial charge is 0.339 e. The number of benzene rings is 1. The Labute approximate surface area is 110 Å². The predicted molar refractivity (Wildman–Crippen MR) is 74.8 cm³/mol. The molecule has 1 heterocycles. The molecule has 0 radical (unpaired) electrons. The van der Waals surface area contributed by atoms with Gasteiger partial charge in [0.25, 0.3) is 0 Å². The quantitative estimate of drug-likeness (QED) is 0.719. The molecule has 0 amide bonds. The molecule has 17 heavy (non-hydrogen) atoms. The van der Waals surface area contributed by atoms with Crippen LogP contribution in [-0.4, -0.2) is 10.9 Å². The van der Waals surface area contributed by atoms with E-state index in [9.17, 15) is 4.79 Å². The van der Waals surface area contributed by atoms with Crippen LogP contribution in [0.1, 0.15) is 36.8 Å². The Balaban J connectivity index is 2.88. The van der Waals surface area contributed by atoms with Gasteiger partial charge in [0.2, 0.25) is 0 Å². The summed E-state index contributed by atoms with van der Waals surface area (Å²) >= 11 is 3.57. The van der Waals surface area contributed by atoms with Crippen molar-refractivity contribution in [3.8, 4) is 0 Å². The van der Waals surface area contributed by atoms with Crippen molar-refractivity contribution in [1.82, 2.24) is 4.57 Å². The maximum Gasteiger partial charge on any atom is 0.150 e. The third-order valence-corrected chi connectivity index (χ3v) is 3.47. The molecule has 1 aromatic carbocycles. The van der Waals surface area contributed by atoms with Crippen LogP contribution in [0.4, 0.5) is 0 Å². The van der Waals surface area contributed by atoms with E-state index in [1.807, 2.05) is 12.1 Å². The fourth-order valence-electron chi connectivity index (χ4n) is 2.39. The lowest BCUT2D eigenvalue weighted by Crippen LogP contribution is -2.22. The molecule has 90 valence electrons. The number of rotatable bonds is 1. The van der Waals surface area contributed by atoms with Gasteiger partial charge in [0, 0.05) is 26.7 Å². The molecule has 0 aliphatic rings. The van der Waals surface area contributed by atoms with Gasteiger partial charge in [-0.05, 0) is 61.8 Å². The van der Waals surface area contributed by atoms with Gasteiger partial charge < -0.3 is 4.57 Å². The van der Waals surface area contributed by atoms with Crippen molar-refractivity contribution in [3.05, 3.63) is 33.9 Å². The number of aldehydes is 1. The number of carbonyl (C=O) groups is 1. The van der Waals surface area contributed by atoms with Crippen LogP contribution < -0.4 is 0 Å². The molecule has 0 unspecified atom stereocenters. The van der Waals surface area contributed by atoms with Crippen LogP contribution in [0.3, 0.4) is 0 Å². The van der Waals surface area contributed by atoms with E-state index in [0.717, 1.165) is 21.7 Å². The zero-order valence-electron chi connectivity index (χ0n) is 10.5. The summed E-state index contributed by atoms with van der Waals surface area (Å²) < 4.78 is 3.26. The third-order valence-electron chi connectivity index (χ3n) is 2.86. The molecule has 0 fully saturated rings. The highest BCUT2D eigenvalue weighted by Crippen LogP contribution is 2.33. The number of hydrogen-bond donors (Lipinski definition) is 0. The summed E-state index contributed by atoms with van der Waals surface area (Å²) in [4.78, 5) is 10.9. The smallest absolute Gasteiger partial charge is 0.150 e. The summed E-state index contributed by atoms with van der Waals surface area (Å²) in [5.74, 6) is 0. The number of aryl methyl sites for hydroxylation is 1. The normalized spacial score (nSPS) is 12.1. The molecule has 0 aliphatic carbocycles. The first kappa shape index (κ1) is 12.4. The maximum atomic E-state index is 10.9. The Bertz CT molecular complexity index is 590. The molecule has 0 bridgehead atoms. The molecule has 0 atom stereocenters. The van der Waals surface area contributed by atoms with Crippen molar-refractivity contribution in [3.63, 3.8) is 0 Å². The van der Waals surface area contributed by atoms with E-state index < -0.39 is 0 Å². The molecule has 0 saturated heterocycles. The van der Waals surface area contributed by atoms with Gasteiger partial charge in [0.15, 0.2) is 0 Å². The molecule has 2 nitrogen and oxygen atoms in total. The van der Waals surface area contributed by atoms with Crippen LogP contribution in [0.15, 0.2) is 22.7 Å². The topological polar surface area (TPSA) is 22.0 Å². The average Bonchev–Trinajstić information content (AvgIpc) is 2.53. The fraction of sp³-hybridized carbons (Fsp3) is 0.357. The Hall–Kier alpha value is -1.09. The van der Waals surface area contributed by atoms with Crippen LogP contribution in [0.2, 0.25) is 0 Å². The number of aromatic nitrogens is 1. The second-order valence-corrected chi connectivity index (χ2v) is 6.20. The Morgan fingerprint density at radius 1 is 1.24 bits per heavy atom. The molecule has 2 aromatic rings. The van der Waals surface area contributed by atoms with Crippen molar-refractivity contribution in [2.75, 3.05) is 0 Å². The Morgan fingerprint density at radius 2 is 1.88 bits per heavy atom. The van der Waals surface area contributed by atoms with Gasteiger partial charge in [-0.25, -0.2) is 0 Å². The van der Waals surface area contributed by atoms with Crippen molar-refractivity contribution >= 4 is 33.1 Å². The Morgan fingerprint density at radius 3 is 2.41 bits per heavy atom. The van der Waals surface area contributed by atoms with Gasteiger partial charge in [-0.1, -0.05) is 0 Å². The summed E-state index contributed by atoms with van der Waals surface area (Å²) in [5, 5.41) is 1.11. The molecular formula is C14H16BrNO. The zero-order valence-corrected chi connectivity index (χ0v) is 12.1. The van der Waals surface area contributed by atoms with Gasteiger partial charge in [-0.2, -0.15) is 0 Å². The lowest BCUT2D eigenvalue weighted by atomic mass is 10.1. The number of halogens is 1. The van der Waals surface area contributed by atoms with Crippen molar-refractivity contribution in [2.45, 2.75) is 33.2 Å². The summed E-state index contributed by atoms with van der Waals surface area (Å²) in [6.07, 6.45) is 0.883. The first-order valence-electron chi connectivity index (χ1n) is 5.62. The van der Waals surface area contributed by atoms with Gasteiger partial charge in [0.05, 0.1) is 5.52 Å². The first-order chi connectivity index (χ1) is 7.84. The summed E-state index contributed by atoms with van der Waals surface area (Å²) in [6, 6.07) is 5.93. The fourth-order valence-corrected chi connectivity index (χ4v) is 3.06. The molecule has 0 aliphatic heterocycles. The zero-order chi connectivity index (χ0) is 12.8. The molecule has 0 spiro atoms. The number of fused-ring (bicyclic) bond motifs is 1. The lowest BCUT2D eigenvalue weighted by molar-refractivity contribution is 0.112. The Kier molecular flexibility index (Phi) is 2.90. The van der Waals surface area contributed by atoms with E-state index >= 15 is 0 Å². The SMILES string of the molecule is Cc1cc2cc(C=O)cc(Br)c2n1C(C)(C)C. The van der Waals surface area contributed by atoms with Gasteiger partial charge in [-0.3, -0.25) is 4.79 Å². The molecular weight excluding hydrogens is 278 g/mol. The van der Waals surface area contributed by atoms with E-state index in [0.29, 0.717) is 5.56 Å². The second-order valence-electron chi connectivity index (χ2n) is 5.35. The highest BCUT2D eigenvalue weighted by Gasteiger charge is 2.20. The second kappa shape index (κ2) is 3.98. The highest BCUT2D eigenvalue weighted by atomic mass is 79.9. The summed E-state index contributed by atoms with van der Waals surface area (Å²) in [5.41, 5.74) is 3.09. The van der Waals surface area contributed by atoms with E-state index in [1.165, 1.54) is 5.69 Å². The van der Waals surface area contributed by atoms with Crippen LogP contribution in [0.25, 0.3) is 10.9 Å². The minimum Gasteiger partial charge on any atom is -0.339 e. The average molecular weight is 294 g/mol. The number of hydrogen-bond acceptors (Lipinski definition) is 1. The minimum atomic E-state index is 0.0249. The molecule has 1 aromatic heterocycles. The summed E-state index contributed by atoms with van der Waals surface area (Å²) in [7, 11) is 0. The van der Waals surface area contributed by atoms with Crippen LogP contribution in [0, 0.1) is 6.92 Å². The van der Waals surface area contributed by atoms with E-state index in [1.54, 1.807) is 0 Å². The first-order valence-corrected chi connectivity index (χ1v) is 6.41. The predicted octanol–water partition coefficient (Wildman–Crippen LogP) is 4.28. The van der Waals surface area contributed by atoms with E-state index in [2.05, 4.69) is 54.3 Å².